The summed E-state index contributed by atoms with van der Waals surface area (Å²) >= 11 is 0. The molecule has 36 heavy (non-hydrogen) atoms. The lowest BCUT2D eigenvalue weighted by atomic mass is 9.77. The minimum Gasteiger partial charge on any atom is -0.372 e. The molecule has 1 aromatic heterocycles. The molecule has 2 heterocycles. The summed E-state index contributed by atoms with van der Waals surface area (Å²) in [5.74, 6) is 0. The van der Waals surface area contributed by atoms with E-state index in [4.69, 9.17) is 4.74 Å². The minimum atomic E-state index is -4.92. The van der Waals surface area contributed by atoms with Gasteiger partial charge in [-0.3, -0.25) is 0 Å². The fraction of sp³-hybridized carbons (Fsp3) is 0.440. The van der Waals surface area contributed by atoms with Crippen LogP contribution in [0.3, 0.4) is 0 Å². The summed E-state index contributed by atoms with van der Waals surface area (Å²) in [6.45, 7) is 4.09. The Morgan fingerprint density at radius 2 is 1.53 bits per heavy atom. The largest absolute Gasteiger partial charge is 0.416 e. The zero-order valence-corrected chi connectivity index (χ0v) is 19.7. The Hall–Kier alpha value is -2.92. The van der Waals surface area contributed by atoms with Gasteiger partial charge in [0.2, 0.25) is 0 Å². The van der Waals surface area contributed by atoms with Crippen molar-refractivity contribution in [2.75, 3.05) is 13.2 Å². The summed E-state index contributed by atoms with van der Waals surface area (Å²) in [6, 6.07) is 11.0. The third-order valence-corrected chi connectivity index (χ3v) is 6.93. The Kier molecular flexibility index (Phi) is 6.91. The quantitative estimate of drug-likeness (QED) is 0.407. The van der Waals surface area contributed by atoms with Gasteiger partial charge in [0.25, 0.3) is 0 Å². The van der Waals surface area contributed by atoms with Crippen molar-refractivity contribution in [2.24, 2.45) is 0 Å². The number of benzene rings is 2. The minimum absolute atomic E-state index is 0.0496. The van der Waals surface area contributed by atoms with E-state index in [2.05, 4.69) is 22.4 Å². The van der Waals surface area contributed by atoms with Gasteiger partial charge in [-0.05, 0) is 56.0 Å². The van der Waals surface area contributed by atoms with E-state index in [0.717, 1.165) is 5.56 Å². The van der Waals surface area contributed by atoms with E-state index in [1.54, 1.807) is 12.7 Å². The molecule has 2 aromatic carbocycles. The molecule has 1 N–H and O–H groups in total. The van der Waals surface area contributed by atoms with Gasteiger partial charge in [-0.1, -0.05) is 30.3 Å². The molecule has 4 rings (SSSR count). The number of piperidine rings is 1. The highest BCUT2D eigenvalue weighted by atomic mass is 19.4. The Labute approximate surface area is 204 Å². The lowest BCUT2D eigenvalue weighted by Crippen LogP contribution is -2.57. The summed E-state index contributed by atoms with van der Waals surface area (Å²) in [4.78, 5) is 0. The summed E-state index contributed by atoms with van der Waals surface area (Å²) in [7, 11) is 0. The Morgan fingerprint density at radius 1 is 0.944 bits per heavy atom. The van der Waals surface area contributed by atoms with Crippen molar-refractivity contribution in [2.45, 2.75) is 56.2 Å². The van der Waals surface area contributed by atoms with E-state index < -0.39 is 35.1 Å². The smallest absolute Gasteiger partial charge is 0.372 e. The van der Waals surface area contributed by atoms with Gasteiger partial charge in [-0.25, -0.2) is 0 Å². The van der Waals surface area contributed by atoms with Crippen LogP contribution in [0.5, 0.6) is 0 Å². The SMILES string of the molecule is C[C@@H](OC[C@]1(c2ccccc2)CC[C@](C)(n2cnnc2)CN1)c1cc(C(F)(F)F)cc(C(F)(F)F)c1. The van der Waals surface area contributed by atoms with Gasteiger partial charge in [-0.15, -0.1) is 10.2 Å². The molecule has 3 atom stereocenters. The molecule has 3 aromatic rings. The Bertz CT molecular complexity index is 1120. The number of nitrogens with zero attached hydrogens (tertiary/aromatic N) is 3. The molecule has 0 amide bonds. The second-order valence-electron chi connectivity index (χ2n) is 9.46. The van der Waals surface area contributed by atoms with Crippen molar-refractivity contribution < 1.29 is 31.1 Å². The number of hydrogen-bond donors (Lipinski definition) is 1. The summed E-state index contributed by atoms with van der Waals surface area (Å²) in [5, 5.41) is 11.3. The van der Waals surface area contributed by atoms with Gasteiger partial charge in [0, 0.05) is 6.54 Å². The van der Waals surface area contributed by atoms with Gasteiger partial charge < -0.3 is 14.6 Å². The molecule has 0 bridgehead atoms. The van der Waals surface area contributed by atoms with Crippen molar-refractivity contribution in [3.63, 3.8) is 0 Å². The first-order chi connectivity index (χ1) is 16.8. The molecule has 0 aliphatic carbocycles. The predicted molar refractivity (Wildman–Crippen MR) is 120 cm³/mol. The average molecular weight is 512 g/mol. The first-order valence-corrected chi connectivity index (χ1v) is 11.4. The van der Waals surface area contributed by atoms with Crippen LogP contribution in [0.1, 0.15) is 55.0 Å². The number of halogens is 6. The lowest BCUT2D eigenvalue weighted by Gasteiger charge is -2.46. The van der Waals surface area contributed by atoms with Crippen LogP contribution in [0, 0.1) is 0 Å². The van der Waals surface area contributed by atoms with E-state index in [9.17, 15) is 26.3 Å². The number of hydrogen-bond acceptors (Lipinski definition) is 4. The van der Waals surface area contributed by atoms with Gasteiger partial charge in [0.1, 0.15) is 12.7 Å². The number of ether oxygens (including phenoxy) is 1. The molecule has 0 radical (unpaired) electrons. The average Bonchev–Trinajstić information content (AvgIpc) is 3.39. The molecule has 0 unspecified atom stereocenters. The number of rotatable bonds is 6. The van der Waals surface area contributed by atoms with Crippen LogP contribution in [-0.2, 0) is 28.2 Å². The van der Waals surface area contributed by atoms with Crippen LogP contribution >= 0.6 is 0 Å². The maximum absolute atomic E-state index is 13.3. The summed E-state index contributed by atoms with van der Waals surface area (Å²) < 4.78 is 87.8. The molecular formula is C25H26F6N4O. The van der Waals surface area contributed by atoms with Crippen molar-refractivity contribution >= 4 is 0 Å². The van der Waals surface area contributed by atoms with Crippen LogP contribution in [0.4, 0.5) is 26.3 Å². The highest BCUT2D eigenvalue weighted by Crippen LogP contribution is 2.40. The molecular weight excluding hydrogens is 486 g/mol. The first kappa shape index (κ1) is 26.2. The summed E-state index contributed by atoms with van der Waals surface area (Å²) in [5.41, 5.74) is -2.98. The maximum Gasteiger partial charge on any atom is 0.416 e. The third-order valence-electron chi connectivity index (χ3n) is 6.93. The normalized spacial score (nSPS) is 24.0. The molecule has 0 saturated carbocycles. The van der Waals surface area contributed by atoms with Gasteiger partial charge in [0.15, 0.2) is 0 Å². The van der Waals surface area contributed by atoms with Crippen molar-refractivity contribution in [1.82, 2.24) is 20.1 Å². The fourth-order valence-electron chi connectivity index (χ4n) is 4.51. The molecule has 1 saturated heterocycles. The van der Waals surface area contributed by atoms with Crippen LogP contribution in [-0.4, -0.2) is 27.9 Å². The van der Waals surface area contributed by atoms with Crippen LogP contribution in [0.15, 0.2) is 61.2 Å². The van der Waals surface area contributed by atoms with Crippen LogP contribution in [0.2, 0.25) is 0 Å². The van der Waals surface area contributed by atoms with E-state index >= 15 is 0 Å². The zero-order valence-electron chi connectivity index (χ0n) is 19.7. The number of alkyl halides is 6. The lowest BCUT2D eigenvalue weighted by molar-refractivity contribution is -0.143. The maximum atomic E-state index is 13.3. The Balaban J connectivity index is 1.59. The third kappa shape index (κ3) is 5.41. The first-order valence-electron chi connectivity index (χ1n) is 11.4. The molecule has 194 valence electrons. The molecule has 1 aliphatic rings. The molecule has 11 heteroatoms. The zero-order chi connectivity index (χ0) is 26.2. The molecule has 1 fully saturated rings. The summed E-state index contributed by atoms with van der Waals surface area (Å²) in [6.07, 6.45) is -6.25. The van der Waals surface area contributed by atoms with E-state index in [1.807, 2.05) is 34.9 Å². The second-order valence-corrected chi connectivity index (χ2v) is 9.46. The number of nitrogens with one attached hydrogen (secondary N) is 1. The topological polar surface area (TPSA) is 52.0 Å². The monoisotopic (exact) mass is 512 g/mol. The molecule has 1 aliphatic heterocycles. The van der Waals surface area contributed by atoms with E-state index in [0.29, 0.717) is 31.5 Å². The van der Waals surface area contributed by atoms with Gasteiger partial charge >= 0.3 is 12.4 Å². The van der Waals surface area contributed by atoms with Gasteiger partial charge in [-0.2, -0.15) is 26.3 Å². The van der Waals surface area contributed by atoms with Crippen molar-refractivity contribution in [3.05, 3.63) is 83.4 Å². The van der Waals surface area contributed by atoms with Crippen molar-refractivity contribution in [3.8, 4) is 0 Å². The second kappa shape index (κ2) is 9.51. The van der Waals surface area contributed by atoms with Crippen molar-refractivity contribution in [1.29, 1.82) is 0 Å². The van der Waals surface area contributed by atoms with E-state index in [-0.39, 0.29) is 23.8 Å². The van der Waals surface area contributed by atoms with Crippen LogP contribution in [0.25, 0.3) is 0 Å². The predicted octanol–water partition coefficient (Wildman–Crippen LogP) is 6.09. The highest BCUT2D eigenvalue weighted by Gasteiger charge is 2.43. The standard InChI is InChI=1S/C25H26F6N4O/c1-17(18-10-20(24(26,27)28)12-21(11-18)25(29,30)31)36-14-23(19-6-4-3-5-7-19)9-8-22(2,13-32-23)35-15-33-34-16-35/h3-7,10-12,15-17,32H,8-9,13-14H2,1-2H3/t17-,22+,23+/m1/s1. The molecule has 0 spiro atoms. The fourth-order valence-corrected chi connectivity index (χ4v) is 4.51. The molecule has 5 nitrogen and oxygen atoms in total. The van der Waals surface area contributed by atoms with Crippen LogP contribution < -0.4 is 5.32 Å². The van der Waals surface area contributed by atoms with Gasteiger partial charge in [0.05, 0.1) is 34.9 Å². The highest BCUT2D eigenvalue weighted by molar-refractivity contribution is 5.35. The van der Waals surface area contributed by atoms with E-state index in [1.165, 1.54) is 6.92 Å². The number of aromatic nitrogens is 3. The Morgan fingerprint density at radius 3 is 2.03 bits per heavy atom.